The van der Waals surface area contributed by atoms with E-state index in [0.717, 1.165) is 39.0 Å². The van der Waals surface area contributed by atoms with E-state index >= 15 is 0 Å². The Morgan fingerprint density at radius 3 is 2.60 bits per heavy atom. The fourth-order valence-corrected chi connectivity index (χ4v) is 3.66. The third-order valence-corrected chi connectivity index (χ3v) is 5.22. The summed E-state index contributed by atoms with van der Waals surface area (Å²) in [5, 5.41) is 3.43. The van der Waals surface area contributed by atoms with E-state index in [4.69, 9.17) is 15.2 Å². The first-order chi connectivity index (χ1) is 12.0. The number of nitrogens with one attached hydrogen (secondary N) is 1. The topological polar surface area (TPSA) is 93.9 Å². The van der Waals surface area contributed by atoms with E-state index in [1.165, 1.54) is 13.5 Å². The molecule has 2 saturated heterocycles. The van der Waals surface area contributed by atoms with Crippen LogP contribution in [0.1, 0.15) is 29.6 Å². The van der Waals surface area contributed by atoms with Crippen LogP contribution in [-0.4, -0.2) is 56.6 Å². The molecule has 1 spiro atoms. The third-order valence-electron chi connectivity index (χ3n) is 5.22. The number of benzene rings is 1. The van der Waals surface area contributed by atoms with Crippen molar-refractivity contribution in [1.82, 2.24) is 10.2 Å². The van der Waals surface area contributed by atoms with Gasteiger partial charge in [-0.05, 0) is 49.4 Å². The summed E-state index contributed by atoms with van der Waals surface area (Å²) >= 11 is 0. The van der Waals surface area contributed by atoms with Crippen molar-refractivity contribution >= 4 is 11.8 Å². The number of hydrogen-bond donors (Lipinski definition) is 2. The molecule has 2 aliphatic rings. The number of likely N-dealkylation sites (tertiary alicyclic amines) is 1. The number of carbonyl (C=O) groups is 2. The largest absolute Gasteiger partial charge is 0.493 e. The van der Waals surface area contributed by atoms with Crippen LogP contribution in [-0.2, 0) is 4.79 Å². The van der Waals surface area contributed by atoms with Crippen molar-refractivity contribution in [2.45, 2.75) is 19.3 Å². The van der Waals surface area contributed by atoms with Gasteiger partial charge in [-0.1, -0.05) is 0 Å². The van der Waals surface area contributed by atoms with Crippen LogP contribution in [0.5, 0.6) is 11.5 Å². The Kier molecular flexibility index (Phi) is 5.13. The number of rotatable bonds is 5. The Morgan fingerprint density at radius 1 is 1.24 bits per heavy atom. The Morgan fingerprint density at radius 2 is 2.00 bits per heavy atom. The van der Waals surface area contributed by atoms with Crippen LogP contribution in [0.4, 0.5) is 0 Å². The standard InChI is InChI=1S/C18H25N3O4/c1-24-15-10-13(2-3-14(15)25-11-16(19)22)17(23)21-8-5-18(6-9-21)4-7-20-12-18/h2-3,10,20H,4-9,11-12H2,1H3,(H2,19,22). The average molecular weight is 347 g/mol. The van der Waals surface area contributed by atoms with Crippen LogP contribution in [0.2, 0.25) is 0 Å². The number of carbonyl (C=O) groups excluding carboxylic acids is 2. The van der Waals surface area contributed by atoms with Crippen molar-refractivity contribution in [3.8, 4) is 11.5 Å². The fraction of sp³-hybridized carbons (Fsp3) is 0.556. The number of hydrogen-bond acceptors (Lipinski definition) is 5. The molecule has 2 amide bonds. The lowest BCUT2D eigenvalue weighted by molar-refractivity contribution is -0.119. The van der Waals surface area contributed by atoms with Crippen LogP contribution in [0.3, 0.4) is 0 Å². The molecule has 2 aliphatic heterocycles. The van der Waals surface area contributed by atoms with E-state index in [1.807, 2.05) is 4.90 Å². The number of amides is 2. The molecule has 7 nitrogen and oxygen atoms in total. The van der Waals surface area contributed by atoms with E-state index in [9.17, 15) is 9.59 Å². The zero-order valence-corrected chi connectivity index (χ0v) is 14.5. The second-order valence-electron chi connectivity index (χ2n) is 6.84. The van der Waals surface area contributed by atoms with Gasteiger partial charge >= 0.3 is 0 Å². The second kappa shape index (κ2) is 7.31. The van der Waals surface area contributed by atoms with Gasteiger partial charge in [0.15, 0.2) is 18.1 Å². The monoisotopic (exact) mass is 347 g/mol. The predicted molar refractivity (Wildman–Crippen MR) is 92.7 cm³/mol. The first-order valence-electron chi connectivity index (χ1n) is 8.62. The highest BCUT2D eigenvalue weighted by Crippen LogP contribution is 2.37. The minimum Gasteiger partial charge on any atom is -0.493 e. The highest BCUT2D eigenvalue weighted by atomic mass is 16.5. The normalized spacial score (nSPS) is 19.0. The van der Waals surface area contributed by atoms with Crippen LogP contribution < -0.4 is 20.5 Å². The maximum absolute atomic E-state index is 12.8. The molecule has 7 heteroatoms. The molecule has 3 N–H and O–H groups in total. The van der Waals surface area contributed by atoms with Gasteiger partial charge in [0, 0.05) is 25.2 Å². The first kappa shape index (κ1) is 17.5. The number of nitrogens with two attached hydrogens (primary N) is 1. The van der Waals surface area contributed by atoms with Crippen molar-refractivity contribution in [1.29, 1.82) is 0 Å². The van der Waals surface area contributed by atoms with E-state index < -0.39 is 5.91 Å². The summed E-state index contributed by atoms with van der Waals surface area (Å²) in [5.74, 6) is 0.250. The minimum absolute atomic E-state index is 0.000516. The van der Waals surface area contributed by atoms with Gasteiger partial charge in [-0.15, -0.1) is 0 Å². The summed E-state index contributed by atoms with van der Waals surface area (Å²) in [7, 11) is 1.50. The van der Waals surface area contributed by atoms with Gasteiger partial charge in [0.2, 0.25) is 0 Å². The van der Waals surface area contributed by atoms with Crippen molar-refractivity contribution in [2.24, 2.45) is 11.1 Å². The lowest BCUT2D eigenvalue weighted by Crippen LogP contribution is -2.44. The average Bonchev–Trinajstić information content (AvgIpc) is 3.08. The Hall–Kier alpha value is -2.28. The van der Waals surface area contributed by atoms with Gasteiger partial charge in [0.05, 0.1) is 7.11 Å². The van der Waals surface area contributed by atoms with Gasteiger partial charge in [-0.3, -0.25) is 9.59 Å². The van der Waals surface area contributed by atoms with Gasteiger partial charge in [0.25, 0.3) is 11.8 Å². The van der Waals surface area contributed by atoms with Crippen LogP contribution in [0.15, 0.2) is 18.2 Å². The Labute approximate surface area is 147 Å². The van der Waals surface area contributed by atoms with E-state index in [2.05, 4.69) is 5.32 Å². The molecule has 0 aromatic heterocycles. The van der Waals surface area contributed by atoms with Crippen molar-refractivity contribution in [3.05, 3.63) is 23.8 Å². The molecular weight excluding hydrogens is 322 g/mol. The molecule has 0 aliphatic carbocycles. The maximum Gasteiger partial charge on any atom is 0.255 e. The van der Waals surface area contributed by atoms with Gasteiger partial charge in [-0.25, -0.2) is 0 Å². The lowest BCUT2D eigenvalue weighted by Gasteiger charge is -2.39. The van der Waals surface area contributed by atoms with Crippen molar-refractivity contribution < 1.29 is 19.1 Å². The van der Waals surface area contributed by atoms with Crippen molar-refractivity contribution in [2.75, 3.05) is 39.9 Å². The van der Waals surface area contributed by atoms with E-state index in [0.29, 0.717) is 22.5 Å². The number of methoxy groups -OCH3 is 1. The van der Waals surface area contributed by atoms with E-state index in [1.54, 1.807) is 18.2 Å². The molecule has 25 heavy (non-hydrogen) atoms. The van der Waals surface area contributed by atoms with Gasteiger partial charge in [0.1, 0.15) is 0 Å². The summed E-state index contributed by atoms with van der Waals surface area (Å²) in [5.41, 5.74) is 6.02. The van der Waals surface area contributed by atoms with Crippen LogP contribution >= 0.6 is 0 Å². The summed E-state index contributed by atoms with van der Waals surface area (Å²) in [6, 6.07) is 4.99. The highest BCUT2D eigenvalue weighted by Gasteiger charge is 2.38. The molecule has 136 valence electrons. The number of nitrogens with zero attached hydrogens (tertiary/aromatic N) is 1. The van der Waals surface area contributed by atoms with Gasteiger partial charge in [-0.2, -0.15) is 0 Å². The first-order valence-corrected chi connectivity index (χ1v) is 8.62. The highest BCUT2D eigenvalue weighted by molar-refractivity contribution is 5.95. The quantitative estimate of drug-likeness (QED) is 0.821. The molecule has 0 radical (unpaired) electrons. The number of ether oxygens (including phenoxy) is 2. The zero-order chi connectivity index (χ0) is 17.9. The van der Waals surface area contributed by atoms with Crippen LogP contribution in [0.25, 0.3) is 0 Å². The molecule has 0 bridgehead atoms. The zero-order valence-electron chi connectivity index (χ0n) is 14.5. The fourth-order valence-electron chi connectivity index (χ4n) is 3.66. The Balaban J connectivity index is 1.66. The Bertz CT molecular complexity index is 646. The molecule has 2 fully saturated rings. The molecule has 0 unspecified atom stereocenters. The van der Waals surface area contributed by atoms with Gasteiger partial charge < -0.3 is 25.4 Å². The molecule has 0 atom stereocenters. The lowest BCUT2D eigenvalue weighted by atomic mass is 9.78. The molecule has 1 aromatic rings. The summed E-state index contributed by atoms with van der Waals surface area (Å²) in [6.45, 7) is 3.48. The van der Waals surface area contributed by atoms with Crippen LogP contribution in [0, 0.1) is 5.41 Å². The summed E-state index contributed by atoms with van der Waals surface area (Å²) < 4.78 is 10.6. The molecule has 3 rings (SSSR count). The molecule has 0 saturated carbocycles. The number of piperidine rings is 1. The second-order valence-corrected chi connectivity index (χ2v) is 6.84. The summed E-state index contributed by atoms with van der Waals surface area (Å²) in [4.78, 5) is 25.5. The smallest absolute Gasteiger partial charge is 0.255 e. The SMILES string of the molecule is COc1cc(C(=O)N2CCC3(CCNC3)CC2)ccc1OCC(N)=O. The molecule has 2 heterocycles. The number of primary amides is 1. The predicted octanol–water partition coefficient (Wildman–Crippen LogP) is 0.775. The minimum atomic E-state index is -0.564. The molecular formula is C18H25N3O4. The van der Waals surface area contributed by atoms with E-state index in [-0.39, 0.29) is 12.5 Å². The summed E-state index contributed by atoms with van der Waals surface area (Å²) in [6.07, 6.45) is 3.29. The molecule has 1 aromatic carbocycles. The van der Waals surface area contributed by atoms with Crippen molar-refractivity contribution in [3.63, 3.8) is 0 Å². The third kappa shape index (κ3) is 3.87. The maximum atomic E-state index is 12.8.